The molecule has 0 aliphatic carbocycles. The molecule has 0 atom stereocenters. The monoisotopic (exact) mass is 1090 g/mol. The smallest absolute Gasteiger partial charge is 0.310 e. The van der Waals surface area contributed by atoms with Crippen molar-refractivity contribution in [2.75, 3.05) is 9.80 Å². The quantitative estimate of drug-likeness (QED) is 0.128. The van der Waals surface area contributed by atoms with Crippen LogP contribution in [0.25, 0.3) is 83.1 Å². The number of aromatic nitrogens is 4. The first-order chi connectivity index (χ1) is 40.5. The Morgan fingerprint density at radius 1 is 0.321 bits per heavy atom. The van der Waals surface area contributed by atoms with Crippen molar-refractivity contribution < 1.29 is 4.57 Å². The molecular formula is C78H69N6+. The van der Waals surface area contributed by atoms with Gasteiger partial charge < -0.3 is 9.80 Å². The van der Waals surface area contributed by atoms with Crippen LogP contribution in [-0.2, 0) is 16.2 Å². The number of hydrogen-bond acceptors (Lipinski definition) is 5. The third-order valence-corrected chi connectivity index (χ3v) is 16.4. The van der Waals surface area contributed by atoms with E-state index in [0.717, 1.165) is 88.8 Å². The number of nitrogens with zero attached hydrogens (tertiary/aromatic N) is 6. The van der Waals surface area contributed by atoms with Crippen LogP contribution in [0.2, 0.25) is 0 Å². The number of rotatable bonds is 10. The van der Waals surface area contributed by atoms with Crippen molar-refractivity contribution in [2.24, 2.45) is 0 Å². The van der Waals surface area contributed by atoms with Gasteiger partial charge in [0.25, 0.3) is 0 Å². The lowest BCUT2D eigenvalue weighted by molar-refractivity contribution is -0.575. The highest BCUT2D eigenvalue weighted by molar-refractivity contribution is 6.08. The SMILES string of the molecule is CC(C)(C)c1ccc(N(c2ccc3ccccc3c2)c2cc(C(C)(C)C)cc(N(c3ccc(C(C)(C)C)cc3)c3ccc(-c4nc(-c5ccc6ccccc6c5)nc(-[n+]5cccc6ccccc65)n4)c4ccccc34)c2-c2ccccc2)cc1. The largest absolute Gasteiger partial charge is 0.442 e. The molecule has 13 rings (SSSR count). The molecule has 0 fully saturated rings. The molecule has 0 aliphatic rings. The molecule has 0 radical (unpaired) electrons. The van der Waals surface area contributed by atoms with E-state index in [4.69, 9.17) is 15.0 Å². The second-order valence-electron chi connectivity index (χ2n) is 25.3. The molecule has 0 saturated carbocycles. The van der Waals surface area contributed by atoms with E-state index < -0.39 is 0 Å². The third kappa shape index (κ3) is 10.2. The summed E-state index contributed by atoms with van der Waals surface area (Å²) in [6.45, 7) is 20.7. The summed E-state index contributed by atoms with van der Waals surface area (Å²) in [7, 11) is 0. The minimum Gasteiger partial charge on any atom is -0.310 e. The van der Waals surface area contributed by atoms with Crippen LogP contribution in [0.5, 0.6) is 0 Å². The highest BCUT2D eigenvalue weighted by Gasteiger charge is 2.31. The third-order valence-electron chi connectivity index (χ3n) is 16.4. The predicted molar refractivity (Wildman–Crippen MR) is 353 cm³/mol. The Labute approximate surface area is 494 Å². The molecule has 2 heterocycles. The molecule has 0 N–H and O–H groups in total. The molecule has 11 aromatic carbocycles. The number of anilines is 6. The van der Waals surface area contributed by atoms with Crippen molar-refractivity contribution in [3.8, 4) is 39.9 Å². The molecule has 6 heteroatoms. The minimum absolute atomic E-state index is 0.0245. The summed E-state index contributed by atoms with van der Waals surface area (Å²) < 4.78 is 2.08. The zero-order chi connectivity index (χ0) is 57.9. The van der Waals surface area contributed by atoms with Crippen molar-refractivity contribution in [1.82, 2.24) is 15.0 Å². The Bertz CT molecular complexity index is 4600. The van der Waals surface area contributed by atoms with Gasteiger partial charge in [0.15, 0.2) is 0 Å². The molecule has 84 heavy (non-hydrogen) atoms. The van der Waals surface area contributed by atoms with Gasteiger partial charge in [0.1, 0.15) is 5.52 Å². The van der Waals surface area contributed by atoms with Gasteiger partial charge in [-0.2, -0.15) is 9.55 Å². The van der Waals surface area contributed by atoms with Crippen LogP contribution < -0.4 is 14.4 Å². The van der Waals surface area contributed by atoms with Crippen LogP contribution in [0.4, 0.5) is 34.1 Å². The number of benzene rings is 11. The van der Waals surface area contributed by atoms with Gasteiger partial charge in [0.2, 0.25) is 11.6 Å². The molecule has 0 bridgehead atoms. The van der Waals surface area contributed by atoms with Gasteiger partial charge in [-0.3, -0.25) is 0 Å². The Morgan fingerprint density at radius 2 is 0.821 bits per heavy atom. The number of hydrogen-bond donors (Lipinski definition) is 0. The highest BCUT2D eigenvalue weighted by Crippen LogP contribution is 2.53. The molecule has 0 unspecified atom stereocenters. The van der Waals surface area contributed by atoms with Gasteiger partial charge in [-0.25, -0.2) is 0 Å². The van der Waals surface area contributed by atoms with Gasteiger partial charge in [-0.1, -0.05) is 220 Å². The fraction of sp³-hybridized carbons (Fsp3) is 0.154. The zero-order valence-electron chi connectivity index (χ0n) is 49.4. The summed E-state index contributed by atoms with van der Waals surface area (Å²) in [6.07, 6.45) is 2.04. The summed E-state index contributed by atoms with van der Waals surface area (Å²) in [5.74, 6) is 1.72. The topological polar surface area (TPSA) is 49.0 Å². The lowest BCUT2D eigenvalue weighted by Gasteiger charge is -2.36. The van der Waals surface area contributed by atoms with Crippen LogP contribution in [0.3, 0.4) is 0 Å². The lowest BCUT2D eigenvalue weighted by atomic mass is 9.83. The van der Waals surface area contributed by atoms with E-state index in [0.29, 0.717) is 17.6 Å². The van der Waals surface area contributed by atoms with Crippen molar-refractivity contribution in [2.45, 2.75) is 78.6 Å². The van der Waals surface area contributed by atoms with Gasteiger partial charge >= 0.3 is 5.95 Å². The van der Waals surface area contributed by atoms with Crippen molar-refractivity contribution in [1.29, 1.82) is 0 Å². The number of para-hydroxylation sites is 1. The summed E-state index contributed by atoms with van der Waals surface area (Å²) in [4.78, 5) is 21.1. The van der Waals surface area contributed by atoms with E-state index in [1.165, 1.54) is 27.5 Å². The van der Waals surface area contributed by atoms with Gasteiger partial charge in [-0.05, 0) is 166 Å². The maximum absolute atomic E-state index is 5.43. The van der Waals surface area contributed by atoms with Crippen molar-refractivity contribution >= 4 is 77.3 Å². The van der Waals surface area contributed by atoms with E-state index >= 15 is 0 Å². The second kappa shape index (κ2) is 21.2. The first kappa shape index (κ1) is 53.5. The number of fused-ring (bicyclic) bond motifs is 4. The van der Waals surface area contributed by atoms with Gasteiger partial charge in [-0.15, -0.1) is 0 Å². The molecule has 410 valence electrons. The zero-order valence-corrected chi connectivity index (χ0v) is 49.4. The van der Waals surface area contributed by atoms with E-state index in [1.54, 1.807) is 0 Å². The Hall–Kier alpha value is -9.78. The first-order valence-electron chi connectivity index (χ1n) is 29.2. The Morgan fingerprint density at radius 3 is 1.46 bits per heavy atom. The average molecular weight is 1090 g/mol. The van der Waals surface area contributed by atoms with E-state index in [-0.39, 0.29) is 16.2 Å². The highest BCUT2D eigenvalue weighted by atomic mass is 15.2. The fourth-order valence-electron chi connectivity index (χ4n) is 11.7. The summed E-state index contributed by atoms with van der Waals surface area (Å²) in [5.41, 5.74) is 14.7. The van der Waals surface area contributed by atoms with E-state index in [2.05, 4.69) is 325 Å². The summed E-state index contributed by atoms with van der Waals surface area (Å²) >= 11 is 0. The molecule has 6 nitrogen and oxygen atoms in total. The lowest BCUT2D eigenvalue weighted by Crippen LogP contribution is -2.34. The van der Waals surface area contributed by atoms with Crippen LogP contribution in [0.1, 0.15) is 79.0 Å². The van der Waals surface area contributed by atoms with E-state index in [9.17, 15) is 0 Å². The van der Waals surface area contributed by atoms with Gasteiger partial charge in [0, 0.05) is 44.5 Å². The molecule has 0 saturated heterocycles. The number of pyridine rings is 1. The van der Waals surface area contributed by atoms with Crippen LogP contribution in [0.15, 0.2) is 255 Å². The maximum atomic E-state index is 5.43. The second-order valence-corrected chi connectivity index (χ2v) is 25.3. The molecule has 0 aliphatic heterocycles. The molecular weight excluding hydrogens is 1020 g/mol. The molecule has 13 aromatic rings. The minimum atomic E-state index is -0.265. The van der Waals surface area contributed by atoms with Crippen molar-refractivity contribution in [3.63, 3.8) is 0 Å². The predicted octanol–water partition coefficient (Wildman–Crippen LogP) is 20.6. The van der Waals surface area contributed by atoms with E-state index in [1.807, 2.05) is 6.20 Å². The Kier molecular flexibility index (Phi) is 13.5. The normalized spacial score (nSPS) is 12.1. The molecule has 0 amide bonds. The molecule has 2 aromatic heterocycles. The Balaban J connectivity index is 1.10. The van der Waals surface area contributed by atoms with Crippen LogP contribution in [0, 0.1) is 0 Å². The van der Waals surface area contributed by atoms with Crippen LogP contribution in [-0.4, -0.2) is 15.0 Å². The average Bonchev–Trinajstić information content (AvgIpc) is 1.81. The summed E-state index contributed by atoms with van der Waals surface area (Å²) in [6, 6.07) is 90.6. The standard InChI is InChI=1S/C78H69N6/c1-76(2,3)59-36-41-62(42-37-59)83(64-40-35-53-23-14-16-28-57(53)49-64)70-50-61(78(7,8)9)51-71(72(70)55-25-11-10-12-26-55)84(63-43-38-60(39-44-63)77(4,5)6)69-46-45-67(65-30-18-19-31-66(65)69)74-79-73(58-34-33-52-22-13-15-27-56(52)48-58)80-75(81-74)82-47-21-29-54-24-17-20-32-68(54)82/h10-51H,1-9H3/q+1. The fourth-order valence-corrected chi connectivity index (χ4v) is 11.7. The molecule has 0 spiro atoms. The van der Waals surface area contributed by atoms with Gasteiger partial charge in [0.05, 0.1) is 23.3 Å². The van der Waals surface area contributed by atoms with Crippen LogP contribution >= 0.6 is 0 Å². The first-order valence-corrected chi connectivity index (χ1v) is 29.2. The van der Waals surface area contributed by atoms with Crippen molar-refractivity contribution in [3.05, 3.63) is 272 Å². The summed E-state index contributed by atoms with van der Waals surface area (Å²) in [5, 5.41) is 7.81. The maximum Gasteiger partial charge on any atom is 0.442 e.